The summed E-state index contributed by atoms with van der Waals surface area (Å²) in [5.74, 6) is 0.555. The van der Waals surface area contributed by atoms with Crippen LogP contribution >= 0.6 is 12.4 Å². The van der Waals surface area contributed by atoms with Gasteiger partial charge in [0.1, 0.15) is 5.75 Å². The first-order valence-corrected chi connectivity index (χ1v) is 16.0. The number of hydrogen-bond donors (Lipinski definition) is 2. The van der Waals surface area contributed by atoms with E-state index < -0.39 is 6.09 Å². The molecule has 6 nitrogen and oxygen atoms in total. The molecular weight excluding hydrogens is 522 g/mol. The summed E-state index contributed by atoms with van der Waals surface area (Å²) in [5.41, 5.74) is 0.874. The average molecular weight is 582 g/mol. The highest BCUT2D eigenvalue weighted by atomic mass is 35.5. The predicted octanol–water partition coefficient (Wildman–Crippen LogP) is 8.46. The summed E-state index contributed by atoms with van der Waals surface area (Å²) in [7, 11) is 4.05. The van der Waals surface area contributed by atoms with Gasteiger partial charge < -0.3 is 20.3 Å². The maximum atomic E-state index is 12.3. The predicted molar refractivity (Wildman–Crippen MR) is 172 cm³/mol. The number of unbranched alkanes of at least 4 members (excludes halogenated alkanes) is 15. The van der Waals surface area contributed by atoms with Crippen LogP contribution < -0.4 is 15.4 Å². The van der Waals surface area contributed by atoms with E-state index in [1.165, 1.54) is 89.9 Å². The van der Waals surface area contributed by atoms with Gasteiger partial charge in [0.05, 0.1) is 0 Å². The number of para-hydroxylation sites is 1. The zero-order valence-electron chi connectivity index (χ0n) is 25.9. The van der Waals surface area contributed by atoms with Crippen LogP contribution in [0.2, 0.25) is 0 Å². The molecule has 0 atom stereocenters. The molecule has 40 heavy (non-hydrogen) atoms. The summed E-state index contributed by atoms with van der Waals surface area (Å²) >= 11 is 0. The molecule has 0 saturated heterocycles. The monoisotopic (exact) mass is 581 g/mol. The van der Waals surface area contributed by atoms with Crippen molar-refractivity contribution in [3.63, 3.8) is 0 Å². The van der Waals surface area contributed by atoms with E-state index in [0.29, 0.717) is 31.7 Å². The molecule has 232 valence electrons. The van der Waals surface area contributed by atoms with Gasteiger partial charge in [-0.2, -0.15) is 0 Å². The largest absolute Gasteiger partial charge is 0.412 e. The van der Waals surface area contributed by atoms with Crippen molar-refractivity contribution in [2.75, 3.05) is 33.7 Å². The third-order valence-electron chi connectivity index (χ3n) is 7.20. The molecule has 1 rings (SSSR count). The Hall–Kier alpha value is -1.79. The fourth-order valence-electron chi connectivity index (χ4n) is 4.77. The number of nitrogens with one attached hydrogen (secondary N) is 2. The van der Waals surface area contributed by atoms with E-state index in [0.717, 1.165) is 31.4 Å². The summed E-state index contributed by atoms with van der Waals surface area (Å²) in [6, 6.07) is 7.46. The number of aryl methyl sites for hydroxylation is 1. The van der Waals surface area contributed by atoms with Crippen LogP contribution in [0.5, 0.6) is 5.75 Å². The molecule has 0 saturated carbocycles. The molecule has 0 fully saturated rings. The van der Waals surface area contributed by atoms with Crippen molar-refractivity contribution in [1.82, 2.24) is 15.5 Å². The van der Waals surface area contributed by atoms with Crippen molar-refractivity contribution in [3.05, 3.63) is 29.8 Å². The molecule has 0 heterocycles. The first-order chi connectivity index (χ1) is 19.0. The average Bonchev–Trinajstić information content (AvgIpc) is 2.92. The molecule has 0 spiro atoms. The van der Waals surface area contributed by atoms with Crippen molar-refractivity contribution < 1.29 is 14.3 Å². The van der Waals surface area contributed by atoms with Crippen molar-refractivity contribution >= 4 is 24.4 Å². The molecule has 0 unspecified atom stereocenters. The summed E-state index contributed by atoms with van der Waals surface area (Å²) in [6.07, 6.45) is 22.8. The lowest BCUT2D eigenvalue weighted by Gasteiger charge is -2.12. The SMILES string of the molecule is CCCCCCCCCCCCCCCCCCNC(=O)Oc1ccccc1CCC(=O)NCCCN(C)C.Cl. The molecule has 7 heteroatoms. The Bertz CT molecular complexity index is 745. The smallest absolute Gasteiger partial charge is 0.410 e. The van der Waals surface area contributed by atoms with Gasteiger partial charge in [0.15, 0.2) is 0 Å². The molecule has 0 radical (unpaired) electrons. The van der Waals surface area contributed by atoms with Crippen LogP contribution in [-0.2, 0) is 11.2 Å². The number of ether oxygens (including phenoxy) is 1. The molecule has 0 aliphatic rings. The van der Waals surface area contributed by atoms with Gasteiger partial charge in [-0.25, -0.2) is 4.79 Å². The minimum Gasteiger partial charge on any atom is -0.410 e. The molecule has 0 aliphatic carbocycles. The number of benzene rings is 1. The van der Waals surface area contributed by atoms with E-state index in [9.17, 15) is 9.59 Å². The Labute approximate surface area is 252 Å². The van der Waals surface area contributed by atoms with Gasteiger partial charge in [-0.1, -0.05) is 121 Å². The summed E-state index contributed by atoms with van der Waals surface area (Å²) in [6.45, 7) is 4.54. The quantitative estimate of drug-likeness (QED) is 0.114. The lowest BCUT2D eigenvalue weighted by atomic mass is 10.0. The van der Waals surface area contributed by atoms with E-state index in [1.54, 1.807) is 6.07 Å². The topological polar surface area (TPSA) is 70.7 Å². The standard InChI is InChI=1S/C33H59N3O3.ClH/c1-4-5-6-7-8-9-10-11-12-13-14-15-16-17-18-21-27-35-33(38)39-31-24-20-19-23-30(31)25-26-32(37)34-28-22-29-36(2)3;/h19-20,23-24H,4-18,21-22,25-29H2,1-3H3,(H,34,37)(H,35,38);1H. The Kier molecular flexibility index (Phi) is 26.2. The van der Waals surface area contributed by atoms with Crippen molar-refractivity contribution in [2.24, 2.45) is 0 Å². The van der Waals surface area contributed by atoms with Gasteiger partial charge >= 0.3 is 6.09 Å². The van der Waals surface area contributed by atoms with Crippen LogP contribution in [0.1, 0.15) is 128 Å². The third kappa shape index (κ3) is 23.0. The Morgan fingerprint density at radius 1 is 0.700 bits per heavy atom. The van der Waals surface area contributed by atoms with Crippen molar-refractivity contribution in [3.8, 4) is 5.75 Å². The zero-order chi connectivity index (χ0) is 28.4. The highest BCUT2D eigenvalue weighted by Crippen LogP contribution is 2.20. The van der Waals surface area contributed by atoms with Gasteiger partial charge in [0, 0.05) is 19.5 Å². The highest BCUT2D eigenvalue weighted by Gasteiger charge is 2.10. The summed E-state index contributed by atoms with van der Waals surface area (Å²) < 4.78 is 5.54. The molecule has 0 aromatic heterocycles. The molecule has 0 bridgehead atoms. The second kappa shape index (κ2) is 27.4. The van der Waals surface area contributed by atoms with Gasteiger partial charge in [0.2, 0.25) is 5.91 Å². The lowest BCUT2D eigenvalue weighted by Crippen LogP contribution is -2.28. The number of rotatable bonds is 25. The maximum Gasteiger partial charge on any atom is 0.412 e. The van der Waals surface area contributed by atoms with Crippen molar-refractivity contribution in [2.45, 2.75) is 129 Å². The number of carbonyl (C=O) groups is 2. The van der Waals surface area contributed by atoms with E-state index in [-0.39, 0.29) is 18.3 Å². The van der Waals surface area contributed by atoms with E-state index >= 15 is 0 Å². The van der Waals surface area contributed by atoms with Crippen LogP contribution in [0.3, 0.4) is 0 Å². The van der Waals surface area contributed by atoms with E-state index in [4.69, 9.17) is 4.74 Å². The van der Waals surface area contributed by atoms with Crippen LogP contribution in [0, 0.1) is 0 Å². The first kappa shape index (κ1) is 38.2. The van der Waals surface area contributed by atoms with E-state index in [1.807, 2.05) is 32.3 Å². The van der Waals surface area contributed by atoms with Crippen LogP contribution in [0.15, 0.2) is 24.3 Å². The minimum atomic E-state index is -0.420. The van der Waals surface area contributed by atoms with Crippen LogP contribution in [0.4, 0.5) is 4.79 Å². The van der Waals surface area contributed by atoms with Crippen LogP contribution in [-0.4, -0.2) is 50.6 Å². The summed E-state index contributed by atoms with van der Waals surface area (Å²) in [4.78, 5) is 26.5. The van der Waals surface area contributed by atoms with Gasteiger partial charge in [-0.05, 0) is 51.5 Å². The second-order valence-corrected chi connectivity index (χ2v) is 11.2. The third-order valence-corrected chi connectivity index (χ3v) is 7.20. The Morgan fingerprint density at radius 2 is 1.20 bits per heavy atom. The lowest BCUT2D eigenvalue weighted by molar-refractivity contribution is -0.121. The fourth-order valence-corrected chi connectivity index (χ4v) is 4.77. The van der Waals surface area contributed by atoms with Crippen molar-refractivity contribution in [1.29, 1.82) is 0 Å². The molecule has 0 aliphatic heterocycles. The zero-order valence-corrected chi connectivity index (χ0v) is 26.8. The maximum absolute atomic E-state index is 12.3. The second-order valence-electron chi connectivity index (χ2n) is 11.2. The summed E-state index contributed by atoms with van der Waals surface area (Å²) in [5, 5.41) is 5.83. The number of nitrogens with zero attached hydrogens (tertiary/aromatic N) is 1. The number of hydrogen-bond acceptors (Lipinski definition) is 4. The Morgan fingerprint density at radius 3 is 1.75 bits per heavy atom. The molecule has 2 N–H and O–H groups in total. The molecule has 2 amide bonds. The van der Waals surface area contributed by atoms with Gasteiger partial charge in [0.25, 0.3) is 0 Å². The highest BCUT2D eigenvalue weighted by molar-refractivity contribution is 5.85. The van der Waals surface area contributed by atoms with Gasteiger partial charge in [-0.3, -0.25) is 4.79 Å². The Balaban J connectivity index is 0.0000152. The first-order valence-electron chi connectivity index (χ1n) is 16.0. The number of halogens is 1. The van der Waals surface area contributed by atoms with Crippen LogP contribution in [0.25, 0.3) is 0 Å². The number of amides is 2. The minimum absolute atomic E-state index is 0. The molecular formula is C33H60ClN3O3. The van der Waals surface area contributed by atoms with E-state index in [2.05, 4.69) is 22.5 Å². The van der Waals surface area contributed by atoms with Gasteiger partial charge in [-0.15, -0.1) is 12.4 Å². The molecule has 1 aromatic rings. The molecule has 1 aromatic carbocycles. The normalized spacial score (nSPS) is 10.8. The number of carbonyl (C=O) groups excluding carboxylic acids is 2. The fraction of sp³-hybridized carbons (Fsp3) is 0.758.